The van der Waals surface area contributed by atoms with E-state index in [0.717, 1.165) is 0 Å². The van der Waals surface area contributed by atoms with Crippen molar-refractivity contribution in [2.24, 2.45) is 0 Å². The molecule has 0 saturated heterocycles. The molecule has 0 aliphatic heterocycles. The van der Waals surface area contributed by atoms with Gasteiger partial charge in [-0.25, -0.2) is 0 Å². The quantitative estimate of drug-likeness (QED) is 0.877. The Morgan fingerprint density at radius 2 is 2.11 bits per heavy atom. The molecule has 18 heavy (non-hydrogen) atoms. The molecular formula is C12H15ClN2O3. The fraction of sp³-hybridized carbons (Fsp3) is 0.417. The lowest BCUT2D eigenvalue weighted by Crippen LogP contribution is -2.45. The molecule has 0 unspecified atom stereocenters. The number of carboxylic acids is 1. The highest BCUT2D eigenvalue weighted by Crippen LogP contribution is 2.17. The van der Waals surface area contributed by atoms with Crippen molar-refractivity contribution in [2.75, 3.05) is 0 Å². The number of hydrogen-bond donors (Lipinski definition) is 2. The van der Waals surface area contributed by atoms with Crippen LogP contribution in [0.1, 0.15) is 36.3 Å². The Morgan fingerprint density at radius 1 is 1.50 bits per heavy atom. The molecule has 5 nitrogen and oxygen atoms in total. The van der Waals surface area contributed by atoms with Crippen LogP contribution in [0.25, 0.3) is 0 Å². The molecule has 0 saturated carbocycles. The number of carbonyl (C=O) groups excluding carboxylic acids is 1. The van der Waals surface area contributed by atoms with Gasteiger partial charge in [0, 0.05) is 17.4 Å². The number of amides is 1. The summed E-state index contributed by atoms with van der Waals surface area (Å²) in [6.07, 6.45) is 1.21. The van der Waals surface area contributed by atoms with Crippen LogP contribution >= 0.6 is 11.6 Å². The molecule has 0 bridgehead atoms. The van der Waals surface area contributed by atoms with E-state index in [4.69, 9.17) is 16.7 Å². The van der Waals surface area contributed by atoms with Gasteiger partial charge >= 0.3 is 5.97 Å². The second-order valence-corrected chi connectivity index (χ2v) is 5.12. The third-order valence-electron chi connectivity index (χ3n) is 2.28. The van der Waals surface area contributed by atoms with Gasteiger partial charge in [0.2, 0.25) is 0 Å². The molecule has 1 aromatic rings. The van der Waals surface area contributed by atoms with Gasteiger partial charge in [0.1, 0.15) is 0 Å². The average molecular weight is 271 g/mol. The maximum absolute atomic E-state index is 11.9. The summed E-state index contributed by atoms with van der Waals surface area (Å²) in [6, 6.07) is 1.58. The van der Waals surface area contributed by atoms with E-state index in [2.05, 4.69) is 10.3 Å². The Morgan fingerprint density at radius 3 is 2.61 bits per heavy atom. The summed E-state index contributed by atoms with van der Waals surface area (Å²) in [7, 11) is 0. The fourth-order valence-electron chi connectivity index (χ4n) is 1.49. The van der Waals surface area contributed by atoms with E-state index in [1.165, 1.54) is 6.20 Å². The van der Waals surface area contributed by atoms with Crippen molar-refractivity contribution in [3.63, 3.8) is 0 Å². The van der Waals surface area contributed by atoms with E-state index in [9.17, 15) is 9.59 Å². The first-order valence-corrected chi connectivity index (χ1v) is 5.75. The molecule has 98 valence electrons. The number of nitrogens with zero attached hydrogens (tertiary/aromatic N) is 1. The first kappa shape index (κ1) is 14.4. The summed E-state index contributed by atoms with van der Waals surface area (Å²) in [4.78, 5) is 26.6. The SMILES string of the molecule is Cc1cc(Cl)c(C(=O)NC(C)(C)CC(=O)O)cn1. The van der Waals surface area contributed by atoms with Crippen LogP contribution in [0, 0.1) is 6.92 Å². The number of aromatic nitrogens is 1. The van der Waals surface area contributed by atoms with Gasteiger partial charge in [-0.2, -0.15) is 0 Å². The van der Waals surface area contributed by atoms with Gasteiger partial charge in [0.25, 0.3) is 5.91 Å². The number of halogens is 1. The summed E-state index contributed by atoms with van der Waals surface area (Å²) >= 11 is 5.94. The number of hydrogen-bond acceptors (Lipinski definition) is 3. The monoisotopic (exact) mass is 270 g/mol. The lowest BCUT2D eigenvalue weighted by atomic mass is 10.0. The molecule has 1 heterocycles. The second kappa shape index (κ2) is 5.35. The molecule has 0 aliphatic carbocycles. The molecular weight excluding hydrogens is 256 g/mol. The van der Waals surface area contributed by atoms with Gasteiger partial charge in [-0.15, -0.1) is 0 Å². The van der Waals surface area contributed by atoms with E-state index in [-0.39, 0.29) is 12.0 Å². The molecule has 1 amide bonds. The van der Waals surface area contributed by atoms with Crippen molar-refractivity contribution in [2.45, 2.75) is 32.7 Å². The molecule has 0 spiro atoms. The predicted octanol–water partition coefficient (Wildman–Crippen LogP) is 2.03. The number of pyridine rings is 1. The zero-order chi connectivity index (χ0) is 13.9. The van der Waals surface area contributed by atoms with Crippen molar-refractivity contribution in [3.05, 3.63) is 28.5 Å². The van der Waals surface area contributed by atoms with Crippen LogP contribution in [0.5, 0.6) is 0 Å². The van der Waals surface area contributed by atoms with E-state index in [0.29, 0.717) is 10.7 Å². The molecule has 0 atom stereocenters. The highest BCUT2D eigenvalue weighted by Gasteiger charge is 2.25. The van der Waals surface area contributed by atoms with Crippen LogP contribution < -0.4 is 5.32 Å². The topological polar surface area (TPSA) is 79.3 Å². The van der Waals surface area contributed by atoms with Crippen molar-refractivity contribution in [3.8, 4) is 0 Å². The van der Waals surface area contributed by atoms with Gasteiger partial charge < -0.3 is 10.4 Å². The van der Waals surface area contributed by atoms with Gasteiger partial charge in [-0.1, -0.05) is 11.6 Å². The van der Waals surface area contributed by atoms with Crippen LogP contribution in [0.15, 0.2) is 12.3 Å². The fourth-order valence-corrected chi connectivity index (χ4v) is 1.78. The molecule has 0 radical (unpaired) electrons. The predicted molar refractivity (Wildman–Crippen MR) is 67.8 cm³/mol. The zero-order valence-electron chi connectivity index (χ0n) is 10.5. The van der Waals surface area contributed by atoms with Crippen molar-refractivity contribution in [1.29, 1.82) is 0 Å². The van der Waals surface area contributed by atoms with Crippen LogP contribution in [0.2, 0.25) is 5.02 Å². The number of carbonyl (C=O) groups is 2. The standard InChI is InChI=1S/C12H15ClN2O3/c1-7-4-9(13)8(6-14-7)11(18)15-12(2,3)5-10(16)17/h4,6H,5H2,1-3H3,(H,15,18)(H,16,17). The minimum atomic E-state index is -0.978. The Hall–Kier alpha value is -1.62. The van der Waals surface area contributed by atoms with E-state index in [1.54, 1.807) is 26.8 Å². The van der Waals surface area contributed by atoms with Gasteiger partial charge in [-0.3, -0.25) is 14.6 Å². The molecule has 2 N–H and O–H groups in total. The largest absolute Gasteiger partial charge is 0.481 e. The number of rotatable bonds is 4. The summed E-state index contributed by atoms with van der Waals surface area (Å²) in [5, 5.41) is 11.7. The molecule has 0 aliphatic rings. The third-order valence-corrected chi connectivity index (χ3v) is 2.59. The lowest BCUT2D eigenvalue weighted by molar-refractivity contribution is -0.138. The molecule has 1 aromatic heterocycles. The minimum Gasteiger partial charge on any atom is -0.481 e. The molecule has 1 rings (SSSR count). The Kier molecular flexibility index (Phi) is 4.29. The number of nitrogens with one attached hydrogen (secondary N) is 1. The van der Waals surface area contributed by atoms with Crippen molar-refractivity contribution < 1.29 is 14.7 Å². The maximum Gasteiger partial charge on any atom is 0.305 e. The summed E-state index contributed by atoms with van der Waals surface area (Å²) in [5.41, 5.74) is 0.0963. The summed E-state index contributed by atoms with van der Waals surface area (Å²) in [5.74, 6) is -1.41. The molecule has 0 aromatic carbocycles. The second-order valence-electron chi connectivity index (χ2n) is 4.71. The molecule has 6 heteroatoms. The van der Waals surface area contributed by atoms with E-state index < -0.39 is 17.4 Å². The normalized spacial score (nSPS) is 11.1. The van der Waals surface area contributed by atoms with Gasteiger partial charge in [0.05, 0.1) is 17.0 Å². The van der Waals surface area contributed by atoms with E-state index in [1.807, 2.05) is 0 Å². The highest BCUT2D eigenvalue weighted by molar-refractivity contribution is 6.33. The lowest BCUT2D eigenvalue weighted by Gasteiger charge is -2.24. The number of carboxylic acid groups (broad SMARTS) is 1. The zero-order valence-corrected chi connectivity index (χ0v) is 11.2. The smallest absolute Gasteiger partial charge is 0.305 e. The maximum atomic E-state index is 11.9. The highest BCUT2D eigenvalue weighted by atomic mass is 35.5. The summed E-state index contributed by atoms with van der Waals surface area (Å²) in [6.45, 7) is 5.03. The first-order chi connectivity index (χ1) is 8.21. The number of aliphatic carboxylic acids is 1. The van der Waals surface area contributed by atoms with Crippen LogP contribution in [0.3, 0.4) is 0 Å². The van der Waals surface area contributed by atoms with Crippen LogP contribution in [-0.4, -0.2) is 27.5 Å². The molecule has 0 fully saturated rings. The Bertz CT molecular complexity index is 486. The Labute approximate surface area is 110 Å². The van der Waals surface area contributed by atoms with Crippen molar-refractivity contribution in [1.82, 2.24) is 10.3 Å². The van der Waals surface area contributed by atoms with Crippen LogP contribution in [0.4, 0.5) is 0 Å². The Balaban J connectivity index is 2.85. The minimum absolute atomic E-state index is 0.171. The van der Waals surface area contributed by atoms with Crippen molar-refractivity contribution >= 4 is 23.5 Å². The average Bonchev–Trinajstić information content (AvgIpc) is 2.13. The van der Waals surface area contributed by atoms with Gasteiger partial charge in [-0.05, 0) is 26.8 Å². The van der Waals surface area contributed by atoms with Crippen LogP contribution in [-0.2, 0) is 4.79 Å². The number of aryl methyl sites for hydroxylation is 1. The van der Waals surface area contributed by atoms with Gasteiger partial charge in [0.15, 0.2) is 0 Å². The van der Waals surface area contributed by atoms with E-state index >= 15 is 0 Å². The summed E-state index contributed by atoms with van der Waals surface area (Å²) < 4.78 is 0. The third kappa shape index (κ3) is 4.00. The first-order valence-electron chi connectivity index (χ1n) is 5.38.